The van der Waals surface area contributed by atoms with Crippen LogP contribution < -0.4 is 11.1 Å². The number of hydrogen-bond donors (Lipinski definition) is 2. The lowest BCUT2D eigenvalue weighted by atomic mass is 10.1. The molecule has 1 aromatic carbocycles. The first-order valence-corrected chi connectivity index (χ1v) is 5.58. The van der Waals surface area contributed by atoms with Gasteiger partial charge in [0.15, 0.2) is 0 Å². The van der Waals surface area contributed by atoms with Crippen LogP contribution in [0.25, 0.3) is 0 Å². The van der Waals surface area contributed by atoms with E-state index in [-0.39, 0.29) is 18.4 Å². The summed E-state index contributed by atoms with van der Waals surface area (Å²) in [6, 6.07) is 7.13. The molecule has 0 fully saturated rings. The molecule has 4 nitrogen and oxygen atoms in total. The third-order valence-electron chi connectivity index (χ3n) is 2.16. The van der Waals surface area contributed by atoms with Gasteiger partial charge in [-0.1, -0.05) is 22.9 Å². The van der Waals surface area contributed by atoms with E-state index in [2.05, 4.69) is 21.2 Å². The number of nitrogens with zero attached hydrogens (tertiary/aromatic N) is 1. The van der Waals surface area contributed by atoms with Gasteiger partial charge in [-0.15, -0.1) is 0 Å². The molecule has 0 heterocycles. The van der Waals surface area contributed by atoms with Gasteiger partial charge in [0.25, 0.3) is 0 Å². The van der Waals surface area contributed by atoms with Crippen LogP contribution in [-0.2, 0) is 4.79 Å². The van der Waals surface area contributed by atoms with E-state index in [0.29, 0.717) is 11.3 Å². The second-order valence-corrected chi connectivity index (χ2v) is 4.34. The molecular formula is C11H12BrN3O. The molecule has 1 aromatic rings. The van der Waals surface area contributed by atoms with Crippen molar-refractivity contribution < 1.29 is 4.79 Å². The smallest absolute Gasteiger partial charge is 0.228 e. The van der Waals surface area contributed by atoms with E-state index >= 15 is 0 Å². The van der Waals surface area contributed by atoms with Gasteiger partial charge in [-0.2, -0.15) is 5.26 Å². The van der Waals surface area contributed by atoms with Gasteiger partial charge in [0.05, 0.1) is 11.3 Å². The maximum Gasteiger partial charge on any atom is 0.228 e. The predicted molar refractivity (Wildman–Crippen MR) is 65.7 cm³/mol. The van der Waals surface area contributed by atoms with Crippen LogP contribution in [0.2, 0.25) is 0 Å². The quantitative estimate of drug-likeness (QED) is 0.888. The molecule has 0 saturated carbocycles. The van der Waals surface area contributed by atoms with Crippen molar-refractivity contribution >= 4 is 27.5 Å². The number of anilines is 1. The largest absolute Gasteiger partial charge is 0.330 e. The highest BCUT2D eigenvalue weighted by Crippen LogP contribution is 2.20. The molecule has 0 bridgehead atoms. The van der Waals surface area contributed by atoms with Crippen LogP contribution in [0.3, 0.4) is 0 Å². The predicted octanol–water partition coefficient (Wildman–Crippen LogP) is 1.85. The molecule has 1 amide bonds. The SMILES string of the molecule is CC(CN)C(=O)Nc1ccc(Br)cc1C#N. The Hall–Kier alpha value is -1.38. The maximum atomic E-state index is 11.6. The number of amides is 1. The van der Waals surface area contributed by atoms with Crippen LogP contribution in [0.5, 0.6) is 0 Å². The lowest BCUT2D eigenvalue weighted by Crippen LogP contribution is -2.26. The van der Waals surface area contributed by atoms with Gasteiger partial charge >= 0.3 is 0 Å². The summed E-state index contributed by atoms with van der Waals surface area (Å²) in [4.78, 5) is 11.6. The van der Waals surface area contributed by atoms with Crippen molar-refractivity contribution in [2.24, 2.45) is 11.7 Å². The molecule has 0 radical (unpaired) electrons. The summed E-state index contributed by atoms with van der Waals surface area (Å²) in [7, 11) is 0. The molecule has 0 aromatic heterocycles. The Morgan fingerprint density at radius 3 is 2.94 bits per heavy atom. The van der Waals surface area contributed by atoms with Crippen molar-refractivity contribution in [2.45, 2.75) is 6.92 Å². The molecule has 3 N–H and O–H groups in total. The number of carbonyl (C=O) groups is 1. The summed E-state index contributed by atoms with van der Waals surface area (Å²) in [5.41, 5.74) is 6.32. The van der Waals surface area contributed by atoms with E-state index in [9.17, 15) is 4.79 Å². The molecule has 0 spiro atoms. The summed E-state index contributed by atoms with van der Waals surface area (Å²) >= 11 is 3.26. The fraction of sp³-hybridized carbons (Fsp3) is 0.273. The number of halogens is 1. The molecule has 16 heavy (non-hydrogen) atoms. The van der Waals surface area contributed by atoms with Crippen molar-refractivity contribution in [3.63, 3.8) is 0 Å². The van der Waals surface area contributed by atoms with Gasteiger partial charge in [-0.05, 0) is 18.2 Å². The molecular weight excluding hydrogens is 270 g/mol. The number of rotatable bonds is 3. The minimum Gasteiger partial charge on any atom is -0.330 e. The van der Waals surface area contributed by atoms with E-state index in [1.807, 2.05) is 6.07 Å². The third-order valence-corrected chi connectivity index (χ3v) is 2.65. The van der Waals surface area contributed by atoms with E-state index in [1.165, 1.54) is 0 Å². The third kappa shape index (κ3) is 3.05. The van der Waals surface area contributed by atoms with Crippen molar-refractivity contribution in [3.05, 3.63) is 28.2 Å². The second kappa shape index (κ2) is 5.64. The molecule has 5 heteroatoms. The number of nitrogens with two attached hydrogens (primary N) is 1. The first kappa shape index (κ1) is 12.7. The van der Waals surface area contributed by atoms with Crippen molar-refractivity contribution in [1.82, 2.24) is 0 Å². The first-order chi connectivity index (χ1) is 7.58. The van der Waals surface area contributed by atoms with Crippen molar-refractivity contribution in [1.29, 1.82) is 5.26 Å². The minimum atomic E-state index is -0.268. The van der Waals surface area contributed by atoms with Gasteiger partial charge in [0.2, 0.25) is 5.91 Å². The molecule has 0 aliphatic heterocycles. The van der Waals surface area contributed by atoms with Crippen LogP contribution >= 0.6 is 15.9 Å². The van der Waals surface area contributed by atoms with Crippen LogP contribution in [0, 0.1) is 17.2 Å². The maximum absolute atomic E-state index is 11.6. The molecule has 1 atom stereocenters. The average molecular weight is 282 g/mol. The van der Waals surface area contributed by atoms with E-state index < -0.39 is 0 Å². The van der Waals surface area contributed by atoms with Crippen LogP contribution in [0.1, 0.15) is 12.5 Å². The Bertz CT molecular complexity index is 439. The van der Waals surface area contributed by atoms with Crippen LogP contribution in [0.4, 0.5) is 5.69 Å². The highest BCUT2D eigenvalue weighted by Gasteiger charge is 2.12. The second-order valence-electron chi connectivity index (χ2n) is 3.43. The number of benzene rings is 1. The summed E-state index contributed by atoms with van der Waals surface area (Å²) in [6.07, 6.45) is 0. The number of hydrogen-bond acceptors (Lipinski definition) is 3. The summed E-state index contributed by atoms with van der Waals surface area (Å²) in [5, 5.41) is 11.6. The lowest BCUT2D eigenvalue weighted by molar-refractivity contribution is -0.119. The average Bonchev–Trinajstić information content (AvgIpc) is 2.30. The van der Waals surface area contributed by atoms with E-state index in [4.69, 9.17) is 11.0 Å². The van der Waals surface area contributed by atoms with Gasteiger partial charge < -0.3 is 11.1 Å². The molecule has 1 unspecified atom stereocenters. The van der Waals surface area contributed by atoms with Gasteiger partial charge in [0, 0.05) is 16.9 Å². The van der Waals surface area contributed by atoms with Crippen LogP contribution in [0.15, 0.2) is 22.7 Å². The lowest BCUT2D eigenvalue weighted by Gasteiger charge is -2.11. The number of nitriles is 1. The van der Waals surface area contributed by atoms with Gasteiger partial charge in [0.1, 0.15) is 6.07 Å². The molecule has 0 aliphatic carbocycles. The summed E-state index contributed by atoms with van der Waals surface area (Å²) in [6.45, 7) is 2.02. The zero-order chi connectivity index (χ0) is 12.1. The highest BCUT2D eigenvalue weighted by molar-refractivity contribution is 9.10. The Morgan fingerprint density at radius 2 is 2.38 bits per heavy atom. The highest BCUT2D eigenvalue weighted by atomic mass is 79.9. The van der Waals surface area contributed by atoms with Gasteiger partial charge in [-0.3, -0.25) is 4.79 Å². The summed E-state index contributed by atoms with van der Waals surface area (Å²) in [5.74, 6) is -0.448. The summed E-state index contributed by atoms with van der Waals surface area (Å²) < 4.78 is 0.800. The van der Waals surface area contributed by atoms with Crippen molar-refractivity contribution in [3.8, 4) is 6.07 Å². The minimum absolute atomic E-state index is 0.179. The van der Waals surface area contributed by atoms with E-state index in [1.54, 1.807) is 25.1 Å². The zero-order valence-electron chi connectivity index (χ0n) is 8.83. The molecule has 0 aliphatic rings. The normalized spacial score (nSPS) is 11.6. The molecule has 0 saturated heterocycles. The van der Waals surface area contributed by atoms with Crippen molar-refractivity contribution in [2.75, 3.05) is 11.9 Å². The zero-order valence-corrected chi connectivity index (χ0v) is 10.4. The number of nitrogens with one attached hydrogen (secondary N) is 1. The monoisotopic (exact) mass is 281 g/mol. The Labute approximate surface area is 103 Å². The fourth-order valence-electron chi connectivity index (χ4n) is 1.08. The van der Waals surface area contributed by atoms with Crippen LogP contribution in [-0.4, -0.2) is 12.5 Å². The Morgan fingerprint density at radius 1 is 1.69 bits per heavy atom. The Kier molecular flexibility index (Phi) is 4.47. The Balaban J connectivity index is 2.90. The first-order valence-electron chi connectivity index (χ1n) is 4.79. The molecule has 84 valence electrons. The topological polar surface area (TPSA) is 78.9 Å². The van der Waals surface area contributed by atoms with E-state index in [0.717, 1.165) is 4.47 Å². The standard InChI is InChI=1S/C11H12BrN3O/c1-7(5-13)11(16)15-10-3-2-9(12)4-8(10)6-14/h2-4,7H,5,13H2,1H3,(H,15,16). The fourth-order valence-corrected chi connectivity index (χ4v) is 1.44. The molecule has 1 rings (SSSR count). The number of carbonyl (C=O) groups excluding carboxylic acids is 1. The van der Waals surface area contributed by atoms with Gasteiger partial charge in [-0.25, -0.2) is 0 Å².